The van der Waals surface area contributed by atoms with Crippen LogP contribution in [0.3, 0.4) is 0 Å². The maximum Gasteiger partial charge on any atom is 0.285 e. The van der Waals surface area contributed by atoms with Gasteiger partial charge in [0.1, 0.15) is 5.71 Å². The largest absolute Gasteiger partial charge is 0.285 e. The van der Waals surface area contributed by atoms with Gasteiger partial charge in [0.25, 0.3) is 11.8 Å². The molecule has 3 aromatic rings. The van der Waals surface area contributed by atoms with Crippen LogP contribution in [0, 0.1) is 0 Å². The number of amides is 2. The summed E-state index contributed by atoms with van der Waals surface area (Å²) in [4.78, 5) is 24.8. The second-order valence-corrected chi connectivity index (χ2v) is 6.63. The molecule has 0 spiro atoms. The quantitative estimate of drug-likeness (QED) is 0.677. The van der Waals surface area contributed by atoms with Gasteiger partial charge >= 0.3 is 0 Å². The van der Waals surface area contributed by atoms with Crippen LogP contribution in [0.2, 0.25) is 0 Å². The lowest BCUT2D eigenvalue weighted by atomic mass is 10.0. The second-order valence-electron chi connectivity index (χ2n) is 6.63. The van der Waals surface area contributed by atoms with Crippen molar-refractivity contribution in [3.63, 3.8) is 0 Å². The second kappa shape index (κ2) is 8.39. The monoisotopic (exact) mass is 384 g/mol. The summed E-state index contributed by atoms with van der Waals surface area (Å²) in [6, 6.07) is 28.3. The average Bonchev–Trinajstić information content (AvgIpc) is 3.25. The van der Waals surface area contributed by atoms with Crippen molar-refractivity contribution in [1.82, 2.24) is 10.9 Å². The first-order valence-electron chi connectivity index (χ1n) is 9.35. The molecule has 1 unspecified atom stereocenters. The Balaban J connectivity index is 1.51. The minimum atomic E-state index is -0.423. The zero-order valence-corrected chi connectivity index (χ0v) is 15.7. The Labute approximate surface area is 168 Å². The Hall–Kier alpha value is -3.93. The van der Waals surface area contributed by atoms with Crippen LogP contribution in [0.4, 0.5) is 5.69 Å². The van der Waals surface area contributed by atoms with E-state index < -0.39 is 5.91 Å². The molecule has 29 heavy (non-hydrogen) atoms. The molecule has 1 atom stereocenters. The van der Waals surface area contributed by atoms with E-state index in [0.29, 0.717) is 17.7 Å². The molecular formula is C23H20N4O2. The number of anilines is 1. The first-order chi connectivity index (χ1) is 14.2. The van der Waals surface area contributed by atoms with E-state index in [2.05, 4.69) is 16.0 Å². The number of rotatable bonds is 4. The molecule has 0 saturated heterocycles. The maximum atomic E-state index is 12.7. The van der Waals surface area contributed by atoms with Crippen LogP contribution in [-0.4, -0.2) is 17.5 Å². The van der Waals surface area contributed by atoms with Crippen molar-refractivity contribution in [3.05, 3.63) is 102 Å². The highest BCUT2D eigenvalue weighted by Gasteiger charge is 2.32. The minimum absolute atomic E-state index is 0.0934. The van der Waals surface area contributed by atoms with Gasteiger partial charge in [-0.05, 0) is 29.8 Å². The number of benzene rings is 3. The Bertz CT molecular complexity index is 1020. The number of nitrogens with zero attached hydrogens (tertiary/aromatic N) is 2. The molecule has 144 valence electrons. The molecule has 0 bridgehead atoms. The van der Waals surface area contributed by atoms with Crippen LogP contribution >= 0.6 is 0 Å². The van der Waals surface area contributed by atoms with Crippen molar-refractivity contribution in [2.24, 2.45) is 5.10 Å². The predicted octanol–water partition coefficient (Wildman–Crippen LogP) is 3.46. The van der Waals surface area contributed by atoms with E-state index >= 15 is 0 Å². The Morgan fingerprint density at radius 2 is 1.31 bits per heavy atom. The summed E-state index contributed by atoms with van der Waals surface area (Å²) in [6.07, 6.45) is 0.436. The smallest absolute Gasteiger partial charge is 0.267 e. The highest BCUT2D eigenvalue weighted by atomic mass is 16.2. The van der Waals surface area contributed by atoms with Crippen LogP contribution in [0.5, 0.6) is 0 Å². The number of hydrogen-bond donors (Lipinski definition) is 2. The molecule has 1 heterocycles. The first kappa shape index (κ1) is 18.4. The Kier molecular flexibility index (Phi) is 5.33. The number of hydrogen-bond acceptors (Lipinski definition) is 4. The molecule has 2 N–H and O–H groups in total. The van der Waals surface area contributed by atoms with Gasteiger partial charge in [0.2, 0.25) is 0 Å². The van der Waals surface area contributed by atoms with E-state index in [0.717, 1.165) is 11.3 Å². The maximum absolute atomic E-state index is 12.7. The fraction of sp³-hybridized carbons (Fsp3) is 0.0870. The summed E-state index contributed by atoms with van der Waals surface area (Å²) in [5.41, 5.74) is 7.71. The SMILES string of the molecule is O=C(NNC(=O)c1ccccc1)C1=NN(c2ccccc2)C(c2ccccc2)C1. The van der Waals surface area contributed by atoms with Crippen molar-refractivity contribution < 1.29 is 9.59 Å². The number of hydrazine groups is 1. The van der Waals surface area contributed by atoms with Gasteiger partial charge in [-0.1, -0.05) is 66.7 Å². The summed E-state index contributed by atoms with van der Waals surface area (Å²) in [7, 11) is 0. The van der Waals surface area contributed by atoms with Crippen molar-refractivity contribution in [3.8, 4) is 0 Å². The molecule has 1 aliphatic heterocycles. The van der Waals surface area contributed by atoms with Gasteiger partial charge in [-0.2, -0.15) is 5.10 Å². The van der Waals surface area contributed by atoms with Gasteiger partial charge in [-0.3, -0.25) is 25.4 Å². The lowest BCUT2D eigenvalue weighted by molar-refractivity contribution is -0.115. The van der Waals surface area contributed by atoms with Crippen molar-refractivity contribution >= 4 is 23.2 Å². The van der Waals surface area contributed by atoms with E-state index in [-0.39, 0.29) is 11.9 Å². The molecule has 0 fully saturated rings. The van der Waals surface area contributed by atoms with E-state index in [1.54, 1.807) is 24.3 Å². The first-order valence-corrected chi connectivity index (χ1v) is 9.35. The van der Waals surface area contributed by atoms with Gasteiger partial charge in [0.15, 0.2) is 0 Å². The summed E-state index contributed by atoms with van der Waals surface area (Å²) in [5, 5.41) is 6.40. The third-order valence-electron chi connectivity index (χ3n) is 4.70. The summed E-state index contributed by atoms with van der Waals surface area (Å²) in [5.74, 6) is -0.800. The molecule has 6 heteroatoms. The molecule has 4 rings (SSSR count). The summed E-state index contributed by atoms with van der Waals surface area (Å²) >= 11 is 0. The van der Waals surface area contributed by atoms with Gasteiger partial charge in [-0.15, -0.1) is 0 Å². The molecule has 1 aliphatic rings. The van der Waals surface area contributed by atoms with Gasteiger partial charge in [-0.25, -0.2) is 0 Å². The minimum Gasteiger partial charge on any atom is -0.267 e. The third kappa shape index (κ3) is 4.16. The topological polar surface area (TPSA) is 73.8 Å². The van der Waals surface area contributed by atoms with E-state index in [9.17, 15) is 9.59 Å². The van der Waals surface area contributed by atoms with E-state index in [1.165, 1.54) is 0 Å². The van der Waals surface area contributed by atoms with Crippen LogP contribution < -0.4 is 15.9 Å². The van der Waals surface area contributed by atoms with Crippen molar-refractivity contribution in [2.45, 2.75) is 12.5 Å². The number of carbonyl (C=O) groups is 2. The third-order valence-corrected chi connectivity index (χ3v) is 4.70. The fourth-order valence-corrected chi connectivity index (χ4v) is 3.25. The molecule has 0 saturated carbocycles. The zero-order valence-electron chi connectivity index (χ0n) is 15.7. The summed E-state index contributed by atoms with van der Waals surface area (Å²) in [6.45, 7) is 0. The highest BCUT2D eigenvalue weighted by Crippen LogP contribution is 2.34. The number of hydrazone groups is 1. The molecule has 2 amide bonds. The normalized spacial score (nSPS) is 15.5. The number of nitrogens with one attached hydrogen (secondary N) is 2. The molecule has 0 aromatic heterocycles. The highest BCUT2D eigenvalue weighted by molar-refractivity contribution is 6.39. The van der Waals surface area contributed by atoms with Gasteiger partial charge < -0.3 is 0 Å². The number of para-hydroxylation sites is 1. The lowest BCUT2D eigenvalue weighted by Gasteiger charge is -2.23. The van der Waals surface area contributed by atoms with E-state index in [4.69, 9.17) is 0 Å². The van der Waals surface area contributed by atoms with Crippen LogP contribution in [0.25, 0.3) is 0 Å². The molecular weight excluding hydrogens is 364 g/mol. The van der Waals surface area contributed by atoms with Crippen LogP contribution in [0.15, 0.2) is 96.1 Å². The van der Waals surface area contributed by atoms with Crippen LogP contribution in [-0.2, 0) is 4.79 Å². The van der Waals surface area contributed by atoms with Gasteiger partial charge in [0.05, 0.1) is 11.7 Å². The van der Waals surface area contributed by atoms with Crippen molar-refractivity contribution in [1.29, 1.82) is 0 Å². The standard InChI is InChI=1S/C23H20N4O2/c28-22(18-12-6-2-7-13-18)24-25-23(29)20-16-21(17-10-4-1-5-11-17)27(26-20)19-14-8-3-9-15-19/h1-15,21H,16H2,(H,24,28)(H,25,29). The fourth-order valence-electron chi connectivity index (χ4n) is 3.25. The predicted molar refractivity (Wildman–Crippen MR) is 112 cm³/mol. The molecule has 0 aliphatic carbocycles. The zero-order chi connectivity index (χ0) is 20.1. The Morgan fingerprint density at radius 3 is 1.97 bits per heavy atom. The average molecular weight is 384 g/mol. The number of carbonyl (C=O) groups excluding carboxylic acids is 2. The summed E-state index contributed by atoms with van der Waals surface area (Å²) < 4.78 is 0. The van der Waals surface area contributed by atoms with Crippen LogP contribution in [0.1, 0.15) is 28.4 Å². The lowest BCUT2D eigenvalue weighted by Crippen LogP contribution is -2.44. The molecule has 6 nitrogen and oxygen atoms in total. The van der Waals surface area contributed by atoms with E-state index in [1.807, 2.05) is 71.7 Å². The molecule has 0 radical (unpaired) electrons. The van der Waals surface area contributed by atoms with Crippen molar-refractivity contribution in [2.75, 3.05) is 5.01 Å². The Morgan fingerprint density at radius 1 is 0.759 bits per heavy atom. The molecule has 3 aromatic carbocycles. The van der Waals surface area contributed by atoms with Gasteiger partial charge in [0, 0.05) is 12.0 Å².